The maximum atomic E-state index is 13.6. The van der Waals surface area contributed by atoms with E-state index in [9.17, 15) is 4.79 Å². The Bertz CT molecular complexity index is 1260. The van der Waals surface area contributed by atoms with E-state index in [-0.39, 0.29) is 5.91 Å². The summed E-state index contributed by atoms with van der Waals surface area (Å²) in [6.07, 6.45) is 5.33. The number of anilines is 1. The molecule has 0 saturated carbocycles. The van der Waals surface area contributed by atoms with Gasteiger partial charge in [0.2, 0.25) is 0 Å². The molecule has 1 saturated heterocycles. The molecule has 1 aliphatic rings. The van der Waals surface area contributed by atoms with Crippen molar-refractivity contribution in [1.29, 1.82) is 0 Å². The van der Waals surface area contributed by atoms with Gasteiger partial charge in [-0.15, -0.1) is 0 Å². The van der Waals surface area contributed by atoms with E-state index in [1.807, 2.05) is 53.6 Å². The number of hydrogen-bond donors (Lipinski definition) is 0. The number of carbonyl (C=O) groups is 1. The van der Waals surface area contributed by atoms with E-state index < -0.39 is 0 Å². The first-order valence-corrected chi connectivity index (χ1v) is 11.3. The summed E-state index contributed by atoms with van der Waals surface area (Å²) in [6, 6.07) is 20.1. The van der Waals surface area contributed by atoms with Gasteiger partial charge in [0.15, 0.2) is 0 Å². The van der Waals surface area contributed by atoms with Crippen LogP contribution in [0.2, 0.25) is 0 Å². The Hall–Kier alpha value is -3.93. The molecule has 6 heteroatoms. The zero-order valence-electron chi connectivity index (χ0n) is 19.0. The van der Waals surface area contributed by atoms with Gasteiger partial charge in [0.05, 0.1) is 11.3 Å². The summed E-state index contributed by atoms with van der Waals surface area (Å²) >= 11 is 0. The van der Waals surface area contributed by atoms with Gasteiger partial charge in [0.1, 0.15) is 5.69 Å². The fourth-order valence-corrected chi connectivity index (χ4v) is 4.36. The predicted octanol–water partition coefficient (Wildman–Crippen LogP) is 4.51. The number of piperazine rings is 1. The van der Waals surface area contributed by atoms with Gasteiger partial charge >= 0.3 is 0 Å². The minimum atomic E-state index is 0.0108. The maximum absolute atomic E-state index is 13.6. The summed E-state index contributed by atoms with van der Waals surface area (Å²) in [5.74, 6) is 0.0108. The quantitative estimate of drug-likeness (QED) is 0.471. The molecule has 0 atom stereocenters. The minimum Gasteiger partial charge on any atom is -0.368 e. The van der Waals surface area contributed by atoms with Gasteiger partial charge < -0.3 is 9.80 Å². The first kappa shape index (κ1) is 20.9. The molecule has 0 radical (unpaired) electrons. The van der Waals surface area contributed by atoms with Gasteiger partial charge in [0.25, 0.3) is 5.91 Å². The molecule has 0 spiro atoms. The number of benzene rings is 2. The van der Waals surface area contributed by atoms with Crippen LogP contribution in [0.4, 0.5) is 5.69 Å². The van der Waals surface area contributed by atoms with Gasteiger partial charge in [-0.1, -0.05) is 30.3 Å². The van der Waals surface area contributed by atoms with E-state index in [0.29, 0.717) is 24.3 Å². The molecule has 5 rings (SSSR count). The van der Waals surface area contributed by atoms with Crippen molar-refractivity contribution in [2.75, 3.05) is 31.1 Å². The Morgan fingerprint density at radius 3 is 2.39 bits per heavy atom. The Balaban J connectivity index is 1.41. The standard InChI is InChI=1S/C27H27N5O/c1-20-8-6-12-25(21(20)2)30-14-16-31(17-15-30)27(33)24-19-32(23-10-4-3-5-11-23)29-26(24)22-9-7-13-28-18-22/h3-13,18-19H,14-17H2,1-2H3. The summed E-state index contributed by atoms with van der Waals surface area (Å²) < 4.78 is 1.78. The molecule has 4 aromatic rings. The van der Waals surface area contributed by atoms with Crippen LogP contribution in [0.5, 0.6) is 0 Å². The van der Waals surface area contributed by atoms with Gasteiger partial charge in [-0.2, -0.15) is 5.10 Å². The Morgan fingerprint density at radius 2 is 1.67 bits per heavy atom. The normalized spacial score (nSPS) is 13.9. The number of amides is 1. The van der Waals surface area contributed by atoms with Crippen LogP contribution in [-0.2, 0) is 0 Å². The zero-order valence-corrected chi connectivity index (χ0v) is 19.0. The number of aromatic nitrogens is 3. The van der Waals surface area contributed by atoms with Crippen LogP contribution in [0.3, 0.4) is 0 Å². The Morgan fingerprint density at radius 1 is 0.879 bits per heavy atom. The third-order valence-electron chi connectivity index (χ3n) is 6.38. The van der Waals surface area contributed by atoms with Crippen molar-refractivity contribution in [3.63, 3.8) is 0 Å². The summed E-state index contributed by atoms with van der Waals surface area (Å²) in [7, 11) is 0. The smallest absolute Gasteiger partial charge is 0.257 e. The number of pyridine rings is 1. The van der Waals surface area contributed by atoms with Crippen LogP contribution >= 0.6 is 0 Å². The Labute approximate surface area is 194 Å². The van der Waals surface area contributed by atoms with Crippen LogP contribution in [0.1, 0.15) is 21.5 Å². The number of nitrogens with zero attached hydrogens (tertiary/aromatic N) is 5. The second-order valence-corrected chi connectivity index (χ2v) is 8.41. The SMILES string of the molecule is Cc1cccc(N2CCN(C(=O)c3cn(-c4ccccc4)nc3-c3cccnc3)CC2)c1C. The van der Waals surface area contributed by atoms with E-state index in [4.69, 9.17) is 5.10 Å². The molecule has 1 fully saturated rings. The molecule has 1 amide bonds. The largest absolute Gasteiger partial charge is 0.368 e. The summed E-state index contributed by atoms with van der Waals surface area (Å²) in [6.45, 7) is 7.28. The molecule has 6 nitrogen and oxygen atoms in total. The van der Waals surface area contributed by atoms with Gasteiger partial charge in [-0.05, 0) is 55.3 Å². The van der Waals surface area contributed by atoms with Crippen molar-refractivity contribution in [3.05, 3.63) is 95.9 Å². The number of para-hydroxylation sites is 1. The van der Waals surface area contributed by atoms with Crippen molar-refractivity contribution < 1.29 is 4.79 Å². The highest BCUT2D eigenvalue weighted by molar-refractivity contribution is 6.00. The lowest BCUT2D eigenvalue weighted by Crippen LogP contribution is -2.49. The number of aryl methyl sites for hydroxylation is 1. The van der Waals surface area contributed by atoms with Crippen LogP contribution in [0.15, 0.2) is 79.3 Å². The molecule has 0 aliphatic carbocycles. The van der Waals surface area contributed by atoms with E-state index >= 15 is 0 Å². The fraction of sp³-hybridized carbons (Fsp3) is 0.222. The second kappa shape index (κ2) is 8.90. The van der Waals surface area contributed by atoms with Crippen molar-refractivity contribution in [3.8, 4) is 16.9 Å². The van der Waals surface area contributed by atoms with Crippen LogP contribution in [0, 0.1) is 13.8 Å². The van der Waals surface area contributed by atoms with Crippen LogP contribution in [-0.4, -0.2) is 51.8 Å². The minimum absolute atomic E-state index is 0.0108. The summed E-state index contributed by atoms with van der Waals surface area (Å²) in [4.78, 5) is 22.2. The highest BCUT2D eigenvalue weighted by Gasteiger charge is 2.27. The average molecular weight is 438 g/mol. The second-order valence-electron chi connectivity index (χ2n) is 8.41. The molecule has 1 aliphatic heterocycles. The van der Waals surface area contributed by atoms with Crippen molar-refractivity contribution in [2.24, 2.45) is 0 Å². The third-order valence-corrected chi connectivity index (χ3v) is 6.38. The predicted molar refractivity (Wildman–Crippen MR) is 131 cm³/mol. The molecule has 0 N–H and O–H groups in total. The summed E-state index contributed by atoms with van der Waals surface area (Å²) in [5, 5.41) is 4.77. The topological polar surface area (TPSA) is 54.3 Å². The molecular formula is C27H27N5O. The number of rotatable bonds is 4. The van der Waals surface area contributed by atoms with E-state index in [1.165, 1.54) is 16.8 Å². The Kier molecular flexibility index (Phi) is 5.65. The molecule has 166 valence electrons. The molecule has 2 aromatic heterocycles. The van der Waals surface area contributed by atoms with E-state index in [2.05, 4.69) is 41.9 Å². The molecule has 0 bridgehead atoms. The van der Waals surface area contributed by atoms with Crippen LogP contribution in [0.25, 0.3) is 16.9 Å². The van der Waals surface area contributed by atoms with Crippen LogP contribution < -0.4 is 4.90 Å². The third kappa shape index (κ3) is 4.12. The first-order chi connectivity index (χ1) is 16.1. The number of carbonyl (C=O) groups excluding carboxylic acids is 1. The molecular weight excluding hydrogens is 410 g/mol. The lowest BCUT2D eigenvalue weighted by atomic mass is 10.1. The van der Waals surface area contributed by atoms with Crippen molar-refractivity contribution in [2.45, 2.75) is 13.8 Å². The van der Waals surface area contributed by atoms with Gasteiger partial charge in [-0.25, -0.2) is 4.68 Å². The molecule has 0 unspecified atom stereocenters. The molecule has 33 heavy (non-hydrogen) atoms. The van der Waals surface area contributed by atoms with Crippen molar-refractivity contribution >= 4 is 11.6 Å². The van der Waals surface area contributed by atoms with E-state index in [1.54, 1.807) is 17.1 Å². The highest BCUT2D eigenvalue weighted by atomic mass is 16.2. The van der Waals surface area contributed by atoms with Gasteiger partial charge in [0, 0.05) is 56.0 Å². The maximum Gasteiger partial charge on any atom is 0.257 e. The fourth-order valence-electron chi connectivity index (χ4n) is 4.36. The number of hydrogen-bond acceptors (Lipinski definition) is 4. The lowest BCUT2D eigenvalue weighted by Gasteiger charge is -2.37. The molecule has 3 heterocycles. The van der Waals surface area contributed by atoms with Gasteiger partial charge in [-0.3, -0.25) is 9.78 Å². The average Bonchev–Trinajstić information content (AvgIpc) is 3.32. The zero-order chi connectivity index (χ0) is 22.8. The lowest BCUT2D eigenvalue weighted by molar-refractivity contribution is 0.0747. The summed E-state index contributed by atoms with van der Waals surface area (Å²) in [5.41, 5.74) is 6.88. The van der Waals surface area contributed by atoms with E-state index in [0.717, 1.165) is 24.3 Å². The monoisotopic (exact) mass is 437 g/mol. The highest BCUT2D eigenvalue weighted by Crippen LogP contribution is 2.27. The molecule has 2 aromatic carbocycles. The first-order valence-electron chi connectivity index (χ1n) is 11.3. The van der Waals surface area contributed by atoms with Crippen molar-refractivity contribution in [1.82, 2.24) is 19.7 Å².